The van der Waals surface area contributed by atoms with Crippen LogP contribution in [0.15, 0.2) is 35.7 Å². The lowest BCUT2D eigenvalue weighted by Crippen LogP contribution is -2.33. The first-order valence-corrected chi connectivity index (χ1v) is 9.92. The van der Waals surface area contributed by atoms with Crippen molar-refractivity contribution in [1.29, 1.82) is 0 Å². The van der Waals surface area contributed by atoms with Gasteiger partial charge in [0.25, 0.3) is 0 Å². The molecule has 1 N–H and O–H groups in total. The number of anilines is 1. The van der Waals surface area contributed by atoms with Crippen molar-refractivity contribution in [2.75, 3.05) is 32.1 Å². The number of likely N-dealkylation sites (tertiary alicyclic amines) is 1. The molecule has 0 unspecified atom stereocenters. The molecule has 144 valence electrons. The van der Waals surface area contributed by atoms with Crippen LogP contribution in [0, 0.1) is 0 Å². The molecule has 2 aromatic rings. The number of hydrogen-bond acceptors (Lipinski definition) is 6. The number of rotatable bonds is 7. The van der Waals surface area contributed by atoms with Crippen LogP contribution in [-0.2, 0) is 9.53 Å². The van der Waals surface area contributed by atoms with Crippen LogP contribution >= 0.6 is 11.3 Å². The maximum atomic E-state index is 12.6. The molecule has 7 heteroatoms. The van der Waals surface area contributed by atoms with Crippen molar-refractivity contribution < 1.29 is 19.1 Å². The average molecular weight is 388 g/mol. The molecule has 1 atom stereocenters. The highest BCUT2D eigenvalue weighted by molar-refractivity contribution is 7.14. The number of thiophene rings is 1. The average Bonchev–Trinajstić information content (AvgIpc) is 3.31. The second-order valence-corrected chi connectivity index (χ2v) is 7.25. The van der Waals surface area contributed by atoms with Gasteiger partial charge in [0.15, 0.2) is 0 Å². The highest BCUT2D eigenvalue weighted by atomic mass is 32.1. The molecule has 0 bridgehead atoms. The first-order valence-electron chi connectivity index (χ1n) is 9.04. The van der Waals surface area contributed by atoms with Gasteiger partial charge in [0.2, 0.25) is 5.91 Å². The van der Waals surface area contributed by atoms with Crippen LogP contribution in [0.1, 0.15) is 41.7 Å². The van der Waals surface area contributed by atoms with E-state index in [0.29, 0.717) is 17.2 Å². The number of amides is 1. The smallest absolute Gasteiger partial charge is 0.341 e. The predicted octanol–water partition coefficient (Wildman–Crippen LogP) is 3.71. The molecular formula is C20H24N2O4S. The highest BCUT2D eigenvalue weighted by Gasteiger charge is 2.28. The van der Waals surface area contributed by atoms with E-state index >= 15 is 0 Å². The number of hydrogen-bond donors (Lipinski definition) is 1. The topological polar surface area (TPSA) is 67.9 Å². The summed E-state index contributed by atoms with van der Waals surface area (Å²) in [5.41, 5.74) is 1.59. The fourth-order valence-corrected chi connectivity index (χ4v) is 4.14. The van der Waals surface area contributed by atoms with E-state index in [1.807, 2.05) is 12.1 Å². The third-order valence-corrected chi connectivity index (χ3v) is 5.45. The van der Waals surface area contributed by atoms with Crippen LogP contribution in [0.4, 0.5) is 5.00 Å². The first kappa shape index (κ1) is 19.4. The fraction of sp³-hybridized carbons (Fsp3) is 0.400. The summed E-state index contributed by atoms with van der Waals surface area (Å²) in [5, 5.41) is 5.18. The van der Waals surface area contributed by atoms with Gasteiger partial charge in [0, 0.05) is 6.04 Å². The van der Waals surface area contributed by atoms with E-state index in [0.717, 1.165) is 25.1 Å². The molecule has 27 heavy (non-hydrogen) atoms. The maximum absolute atomic E-state index is 12.6. The van der Waals surface area contributed by atoms with Crippen molar-refractivity contribution in [2.24, 2.45) is 0 Å². The normalized spacial score (nSPS) is 16.9. The van der Waals surface area contributed by atoms with Gasteiger partial charge in [-0.05, 0) is 55.5 Å². The Morgan fingerprint density at radius 2 is 2.04 bits per heavy atom. The summed E-state index contributed by atoms with van der Waals surface area (Å²) in [6.07, 6.45) is 2.07. The highest BCUT2D eigenvalue weighted by Crippen LogP contribution is 2.32. The molecule has 6 nitrogen and oxygen atoms in total. The Bertz CT molecular complexity index is 788. The molecular weight excluding hydrogens is 364 g/mol. The number of benzene rings is 1. The summed E-state index contributed by atoms with van der Waals surface area (Å²) in [4.78, 5) is 26.7. The molecule has 1 aromatic carbocycles. The second kappa shape index (κ2) is 9.01. The molecule has 1 amide bonds. The summed E-state index contributed by atoms with van der Waals surface area (Å²) in [6, 6.07) is 9.89. The third kappa shape index (κ3) is 4.67. The van der Waals surface area contributed by atoms with Crippen molar-refractivity contribution in [1.82, 2.24) is 4.90 Å². The summed E-state index contributed by atoms with van der Waals surface area (Å²) >= 11 is 1.33. The SMILES string of the molecule is CCOC(=O)c1ccsc1NC(=O)CN1CCC[C@H]1c1ccc(OC)cc1. The summed E-state index contributed by atoms with van der Waals surface area (Å²) in [5.74, 6) is 0.292. The molecule has 0 aliphatic carbocycles. The minimum absolute atomic E-state index is 0.122. The van der Waals surface area contributed by atoms with Crippen LogP contribution in [0.2, 0.25) is 0 Å². The lowest BCUT2D eigenvalue weighted by atomic mass is 10.0. The van der Waals surface area contributed by atoms with E-state index in [-0.39, 0.29) is 18.5 Å². The van der Waals surface area contributed by atoms with Gasteiger partial charge in [0.1, 0.15) is 10.8 Å². The Hall–Kier alpha value is -2.38. The molecule has 1 saturated heterocycles. The van der Waals surface area contributed by atoms with Crippen LogP contribution in [0.3, 0.4) is 0 Å². The molecule has 3 rings (SSSR count). The predicted molar refractivity (Wildman–Crippen MR) is 105 cm³/mol. The number of carbonyl (C=O) groups excluding carboxylic acids is 2. The van der Waals surface area contributed by atoms with Gasteiger partial charge in [-0.15, -0.1) is 11.3 Å². The summed E-state index contributed by atoms with van der Waals surface area (Å²) in [7, 11) is 1.65. The number of nitrogens with one attached hydrogen (secondary N) is 1. The first-order chi connectivity index (χ1) is 13.1. The molecule has 1 aliphatic rings. The number of esters is 1. The number of carbonyl (C=O) groups is 2. The molecule has 0 spiro atoms. The Balaban J connectivity index is 1.63. The second-order valence-electron chi connectivity index (χ2n) is 6.33. The van der Waals surface area contributed by atoms with Crippen LogP contribution in [0.25, 0.3) is 0 Å². The van der Waals surface area contributed by atoms with Crippen LogP contribution < -0.4 is 10.1 Å². The molecule has 0 radical (unpaired) electrons. The van der Waals surface area contributed by atoms with Gasteiger partial charge in [-0.2, -0.15) is 0 Å². The van der Waals surface area contributed by atoms with E-state index in [1.54, 1.807) is 25.5 Å². The van der Waals surface area contributed by atoms with E-state index in [2.05, 4.69) is 22.3 Å². The number of methoxy groups -OCH3 is 1. The van der Waals surface area contributed by atoms with Crippen molar-refractivity contribution in [2.45, 2.75) is 25.8 Å². The van der Waals surface area contributed by atoms with Gasteiger partial charge in [-0.3, -0.25) is 9.69 Å². The van der Waals surface area contributed by atoms with Crippen LogP contribution in [-0.4, -0.2) is 43.6 Å². The van der Waals surface area contributed by atoms with E-state index in [9.17, 15) is 9.59 Å². The zero-order valence-corrected chi connectivity index (χ0v) is 16.4. The van der Waals surface area contributed by atoms with Gasteiger partial charge >= 0.3 is 5.97 Å². The zero-order valence-electron chi connectivity index (χ0n) is 15.6. The lowest BCUT2D eigenvalue weighted by molar-refractivity contribution is -0.117. The summed E-state index contributed by atoms with van der Waals surface area (Å²) in [6.45, 7) is 3.23. The van der Waals surface area contributed by atoms with E-state index in [4.69, 9.17) is 9.47 Å². The largest absolute Gasteiger partial charge is 0.497 e. The van der Waals surface area contributed by atoms with Crippen molar-refractivity contribution >= 4 is 28.2 Å². The Labute approximate surface area is 163 Å². The van der Waals surface area contributed by atoms with E-state index in [1.165, 1.54) is 16.9 Å². The van der Waals surface area contributed by atoms with Gasteiger partial charge < -0.3 is 14.8 Å². The Kier molecular flexibility index (Phi) is 6.47. The van der Waals surface area contributed by atoms with Crippen molar-refractivity contribution in [3.8, 4) is 5.75 Å². The lowest BCUT2D eigenvalue weighted by Gasteiger charge is -2.24. The van der Waals surface area contributed by atoms with Crippen molar-refractivity contribution in [3.63, 3.8) is 0 Å². The number of nitrogens with zero attached hydrogens (tertiary/aromatic N) is 1. The number of ether oxygens (including phenoxy) is 2. The van der Waals surface area contributed by atoms with Gasteiger partial charge in [-0.1, -0.05) is 12.1 Å². The zero-order chi connectivity index (χ0) is 19.2. The van der Waals surface area contributed by atoms with Crippen molar-refractivity contribution in [3.05, 3.63) is 46.8 Å². The molecule has 1 fully saturated rings. The van der Waals surface area contributed by atoms with Crippen LogP contribution in [0.5, 0.6) is 5.75 Å². The maximum Gasteiger partial charge on any atom is 0.341 e. The molecule has 2 heterocycles. The quantitative estimate of drug-likeness (QED) is 0.733. The molecule has 1 aromatic heterocycles. The Morgan fingerprint density at radius 3 is 2.74 bits per heavy atom. The standard InChI is InChI=1S/C20H24N2O4S/c1-3-26-20(24)16-10-12-27-19(16)21-18(23)13-22-11-4-5-17(22)14-6-8-15(25-2)9-7-14/h6-10,12,17H,3-5,11,13H2,1-2H3,(H,21,23)/t17-/m0/s1. The molecule has 1 aliphatic heterocycles. The minimum atomic E-state index is -0.411. The minimum Gasteiger partial charge on any atom is -0.497 e. The molecule has 0 saturated carbocycles. The monoisotopic (exact) mass is 388 g/mol. The van der Waals surface area contributed by atoms with Gasteiger partial charge in [0.05, 0.1) is 25.8 Å². The Morgan fingerprint density at radius 1 is 1.26 bits per heavy atom. The fourth-order valence-electron chi connectivity index (χ4n) is 3.35. The summed E-state index contributed by atoms with van der Waals surface area (Å²) < 4.78 is 10.2. The van der Waals surface area contributed by atoms with Gasteiger partial charge in [-0.25, -0.2) is 4.79 Å². The third-order valence-electron chi connectivity index (χ3n) is 4.62. The van der Waals surface area contributed by atoms with E-state index < -0.39 is 5.97 Å².